The number of aliphatic hydroxyl groups is 1. The van der Waals surface area contributed by atoms with E-state index in [1.54, 1.807) is 19.1 Å². The van der Waals surface area contributed by atoms with Gasteiger partial charge in [0.1, 0.15) is 32.7 Å². The van der Waals surface area contributed by atoms with Gasteiger partial charge in [-0.15, -0.1) is 11.3 Å². The van der Waals surface area contributed by atoms with E-state index in [0.717, 1.165) is 17.5 Å². The van der Waals surface area contributed by atoms with E-state index in [1.165, 1.54) is 25.3 Å². The van der Waals surface area contributed by atoms with Crippen molar-refractivity contribution >= 4 is 35.3 Å². The molecule has 0 bridgehead atoms. The molecular weight excluding hydrogens is 413 g/mol. The van der Waals surface area contributed by atoms with E-state index in [4.69, 9.17) is 10.3 Å². The number of amides is 2. The predicted octanol–water partition coefficient (Wildman–Crippen LogP) is 1.78. The lowest BCUT2D eigenvalue weighted by atomic mass is 10.0. The molecule has 3 rings (SSSR count). The van der Waals surface area contributed by atoms with E-state index >= 15 is 0 Å². The van der Waals surface area contributed by atoms with E-state index in [-0.39, 0.29) is 4.88 Å². The summed E-state index contributed by atoms with van der Waals surface area (Å²) in [6.45, 7) is 2.42. The SMILES string of the molecule is Cc1onc(-c2ccc(F)cn2)c1C=Cc1ncc(C(=O)NC(C)(CO)C(N)=O)s1. The standard InChI is InChI=1S/C19H18FN5O4S/c1-10-12(16(25-29-10)13-5-3-11(20)7-22-13)4-6-15-23-8-14(30-15)17(27)24-19(2,9-26)18(21)28/h3-8,26H,9H2,1-2H3,(H2,21,28)(H,24,27). The van der Waals surface area contributed by atoms with E-state index in [0.29, 0.717) is 27.7 Å². The van der Waals surface area contributed by atoms with Crippen LogP contribution in [-0.2, 0) is 4.79 Å². The summed E-state index contributed by atoms with van der Waals surface area (Å²) in [6.07, 6.45) is 5.80. The number of pyridine rings is 1. The van der Waals surface area contributed by atoms with Crippen LogP contribution in [0.15, 0.2) is 29.0 Å². The van der Waals surface area contributed by atoms with Crippen LogP contribution in [0, 0.1) is 12.7 Å². The van der Waals surface area contributed by atoms with Gasteiger partial charge in [0.05, 0.1) is 24.7 Å². The highest BCUT2D eigenvalue weighted by molar-refractivity contribution is 7.14. The second-order valence-corrected chi connectivity index (χ2v) is 7.63. The summed E-state index contributed by atoms with van der Waals surface area (Å²) in [5, 5.41) is 16.2. The zero-order chi connectivity index (χ0) is 21.9. The van der Waals surface area contributed by atoms with Gasteiger partial charge in [-0.25, -0.2) is 9.37 Å². The fourth-order valence-electron chi connectivity index (χ4n) is 2.39. The number of carbonyl (C=O) groups is 2. The lowest BCUT2D eigenvalue weighted by Gasteiger charge is -2.24. The molecule has 4 N–H and O–H groups in total. The third kappa shape index (κ3) is 4.42. The van der Waals surface area contributed by atoms with E-state index in [1.807, 2.05) is 0 Å². The Kier molecular flexibility index (Phi) is 6.04. The van der Waals surface area contributed by atoms with Gasteiger partial charge in [0.15, 0.2) is 0 Å². The van der Waals surface area contributed by atoms with Crippen LogP contribution in [0.4, 0.5) is 4.39 Å². The van der Waals surface area contributed by atoms with E-state index < -0.39 is 29.8 Å². The molecule has 156 valence electrons. The Balaban J connectivity index is 1.80. The first kappa shape index (κ1) is 21.3. The Hall–Kier alpha value is -3.44. The van der Waals surface area contributed by atoms with Crippen LogP contribution in [0.5, 0.6) is 0 Å². The van der Waals surface area contributed by atoms with E-state index in [2.05, 4.69) is 20.4 Å². The fraction of sp³-hybridized carbons (Fsp3) is 0.211. The number of hydrogen-bond acceptors (Lipinski definition) is 8. The number of aromatic nitrogens is 3. The van der Waals surface area contributed by atoms with Crippen molar-refractivity contribution in [2.75, 3.05) is 6.61 Å². The molecule has 3 aromatic rings. The maximum Gasteiger partial charge on any atom is 0.263 e. The van der Waals surface area contributed by atoms with Crippen LogP contribution in [0.2, 0.25) is 0 Å². The Bertz CT molecular complexity index is 1110. The summed E-state index contributed by atoms with van der Waals surface area (Å²) in [7, 11) is 0. The van der Waals surface area contributed by atoms with Gasteiger partial charge in [0.2, 0.25) is 5.91 Å². The molecule has 0 aliphatic carbocycles. The number of nitrogens with one attached hydrogen (secondary N) is 1. The van der Waals surface area contributed by atoms with Crippen molar-refractivity contribution in [3.63, 3.8) is 0 Å². The number of thiazole rings is 1. The molecule has 3 aromatic heterocycles. The molecule has 0 saturated heterocycles. The predicted molar refractivity (Wildman–Crippen MR) is 108 cm³/mol. The minimum absolute atomic E-state index is 0.234. The first-order chi connectivity index (χ1) is 14.2. The number of nitrogens with zero attached hydrogens (tertiary/aromatic N) is 3. The molecule has 0 saturated carbocycles. The number of carbonyl (C=O) groups excluding carboxylic acids is 2. The topological polar surface area (TPSA) is 144 Å². The Labute approximate surface area is 174 Å². The van der Waals surface area contributed by atoms with E-state index in [9.17, 15) is 19.1 Å². The van der Waals surface area contributed by atoms with Crippen molar-refractivity contribution < 1.29 is 23.6 Å². The second-order valence-electron chi connectivity index (χ2n) is 6.57. The molecule has 0 aliphatic heterocycles. The minimum Gasteiger partial charge on any atom is -0.393 e. The highest BCUT2D eigenvalue weighted by atomic mass is 32.1. The van der Waals surface area contributed by atoms with Crippen LogP contribution < -0.4 is 11.1 Å². The van der Waals surface area contributed by atoms with Crippen LogP contribution in [0.25, 0.3) is 23.5 Å². The Morgan fingerprint density at radius 3 is 2.73 bits per heavy atom. The van der Waals surface area contributed by atoms with Gasteiger partial charge in [-0.2, -0.15) is 0 Å². The van der Waals surface area contributed by atoms with Crippen molar-refractivity contribution in [2.45, 2.75) is 19.4 Å². The summed E-state index contributed by atoms with van der Waals surface area (Å²) in [5.74, 6) is -1.37. The van der Waals surface area contributed by atoms with Crippen LogP contribution in [-0.4, -0.2) is 44.2 Å². The van der Waals surface area contributed by atoms with Crippen molar-refractivity contribution in [3.8, 4) is 11.4 Å². The largest absolute Gasteiger partial charge is 0.393 e. The summed E-state index contributed by atoms with van der Waals surface area (Å²) in [4.78, 5) is 32.2. The molecule has 3 heterocycles. The van der Waals surface area contributed by atoms with Crippen molar-refractivity contribution in [3.05, 3.63) is 51.6 Å². The summed E-state index contributed by atoms with van der Waals surface area (Å²) < 4.78 is 18.3. The lowest BCUT2D eigenvalue weighted by Crippen LogP contribution is -2.57. The molecule has 0 aromatic carbocycles. The van der Waals surface area contributed by atoms with Crippen molar-refractivity contribution in [1.82, 2.24) is 20.4 Å². The van der Waals surface area contributed by atoms with Gasteiger partial charge >= 0.3 is 0 Å². The molecule has 0 spiro atoms. The summed E-state index contributed by atoms with van der Waals surface area (Å²) >= 11 is 1.08. The molecule has 2 amide bonds. The van der Waals surface area contributed by atoms with Crippen molar-refractivity contribution in [2.24, 2.45) is 5.73 Å². The van der Waals surface area contributed by atoms with Crippen LogP contribution in [0.1, 0.15) is 32.9 Å². The number of hydrogen-bond donors (Lipinski definition) is 3. The molecule has 0 radical (unpaired) electrons. The van der Waals surface area contributed by atoms with Crippen LogP contribution >= 0.6 is 11.3 Å². The number of aliphatic hydroxyl groups excluding tert-OH is 1. The smallest absolute Gasteiger partial charge is 0.263 e. The lowest BCUT2D eigenvalue weighted by molar-refractivity contribution is -0.124. The van der Waals surface area contributed by atoms with Gasteiger partial charge in [0, 0.05) is 5.56 Å². The maximum absolute atomic E-state index is 13.1. The molecule has 1 unspecified atom stereocenters. The van der Waals surface area contributed by atoms with Gasteiger partial charge in [-0.1, -0.05) is 5.16 Å². The fourth-order valence-corrected chi connectivity index (χ4v) is 3.11. The number of aryl methyl sites for hydroxylation is 1. The summed E-state index contributed by atoms with van der Waals surface area (Å²) in [5.41, 5.74) is 5.17. The zero-order valence-electron chi connectivity index (χ0n) is 16.0. The van der Waals surface area contributed by atoms with Gasteiger partial charge in [0.25, 0.3) is 5.91 Å². The average Bonchev–Trinajstić information content (AvgIpc) is 3.33. The summed E-state index contributed by atoms with van der Waals surface area (Å²) in [6, 6.07) is 2.77. The maximum atomic E-state index is 13.1. The molecular formula is C19H18FN5O4S. The molecule has 30 heavy (non-hydrogen) atoms. The molecule has 11 heteroatoms. The normalized spacial score (nSPS) is 13.3. The highest BCUT2D eigenvalue weighted by Crippen LogP contribution is 2.26. The first-order valence-electron chi connectivity index (χ1n) is 8.69. The Morgan fingerprint density at radius 2 is 2.10 bits per heavy atom. The van der Waals surface area contributed by atoms with Crippen molar-refractivity contribution in [1.29, 1.82) is 0 Å². The quantitative estimate of drug-likeness (QED) is 0.517. The van der Waals surface area contributed by atoms with Gasteiger partial charge in [-0.05, 0) is 38.1 Å². The molecule has 9 nitrogen and oxygen atoms in total. The molecule has 0 fully saturated rings. The average molecular weight is 431 g/mol. The van der Waals surface area contributed by atoms with Crippen LogP contribution in [0.3, 0.4) is 0 Å². The second kappa shape index (κ2) is 8.51. The monoisotopic (exact) mass is 431 g/mol. The zero-order valence-corrected chi connectivity index (χ0v) is 16.9. The third-order valence-electron chi connectivity index (χ3n) is 4.27. The molecule has 1 atom stereocenters. The highest BCUT2D eigenvalue weighted by Gasteiger charge is 2.32. The van der Waals surface area contributed by atoms with Gasteiger partial charge < -0.3 is 20.7 Å². The Morgan fingerprint density at radius 1 is 1.33 bits per heavy atom. The minimum atomic E-state index is -1.58. The van der Waals surface area contributed by atoms with Gasteiger partial charge in [-0.3, -0.25) is 14.6 Å². The third-order valence-corrected chi connectivity index (χ3v) is 5.23. The first-order valence-corrected chi connectivity index (χ1v) is 9.50. The number of nitrogens with two attached hydrogens (primary N) is 1. The number of primary amides is 1. The number of rotatable bonds is 7. The number of halogens is 1. The molecule has 0 aliphatic rings.